The Morgan fingerprint density at radius 1 is 1.30 bits per heavy atom. The monoisotopic (exact) mass is 316 g/mol. The van der Waals surface area contributed by atoms with Crippen LogP contribution in [0.5, 0.6) is 0 Å². The summed E-state index contributed by atoms with van der Waals surface area (Å²) in [5.41, 5.74) is 0.389. The second kappa shape index (κ2) is 7.19. The van der Waals surface area contributed by atoms with Crippen LogP contribution in [0, 0.1) is 5.92 Å². The van der Waals surface area contributed by atoms with Crippen molar-refractivity contribution in [2.45, 2.75) is 51.1 Å². The molecule has 23 heavy (non-hydrogen) atoms. The lowest BCUT2D eigenvalue weighted by atomic mass is 9.76. The molecule has 2 aromatic rings. The maximum absolute atomic E-state index is 9.86. The molecule has 2 N–H and O–H groups in total. The molecule has 0 amide bonds. The highest BCUT2D eigenvalue weighted by atomic mass is 16.5. The van der Waals surface area contributed by atoms with Crippen molar-refractivity contribution in [2.75, 3.05) is 6.61 Å². The number of aromatic nitrogens is 3. The number of hydrogen-bond donors (Lipinski definition) is 2. The molecule has 6 nitrogen and oxygen atoms in total. The van der Waals surface area contributed by atoms with Gasteiger partial charge in [0.2, 0.25) is 11.7 Å². The molecule has 0 spiro atoms. The number of aliphatic hydroxyl groups is 1. The first-order valence-corrected chi connectivity index (χ1v) is 8.31. The zero-order valence-electron chi connectivity index (χ0n) is 13.5. The molecule has 0 unspecified atom stereocenters. The van der Waals surface area contributed by atoms with E-state index in [1.54, 1.807) is 6.20 Å². The van der Waals surface area contributed by atoms with Crippen LogP contribution >= 0.6 is 0 Å². The van der Waals surface area contributed by atoms with Crippen LogP contribution in [-0.2, 0) is 6.54 Å². The molecule has 0 aliphatic heterocycles. The highest BCUT2D eigenvalue weighted by Crippen LogP contribution is 2.32. The van der Waals surface area contributed by atoms with Crippen LogP contribution in [0.15, 0.2) is 28.9 Å². The van der Waals surface area contributed by atoms with Gasteiger partial charge in [-0.3, -0.25) is 4.98 Å². The molecule has 1 saturated carbocycles. The summed E-state index contributed by atoms with van der Waals surface area (Å²) in [4.78, 5) is 8.59. The number of aliphatic hydroxyl groups excluding tert-OH is 1. The molecular weight excluding hydrogens is 292 g/mol. The standard InChI is InChI=1S/C17H24N4O2/c1-17(12-22,13-7-3-2-4-8-13)19-11-15-20-16(21-23-15)14-9-5-6-10-18-14/h5-6,9-10,13,19,22H,2-4,7-8,11-12H2,1H3/t17-/m1/s1. The fraction of sp³-hybridized carbons (Fsp3) is 0.588. The number of rotatable bonds is 6. The van der Waals surface area contributed by atoms with Crippen LogP contribution in [0.1, 0.15) is 44.9 Å². The molecule has 2 aromatic heterocycles. The van der Waals surface area contributed by atoms with E-state index >= 15 is 0 Å². The normalized spacial score (nSPS) is 18.7. The third-order valence-electron chi connectivity index (χ3n) is 4.84. The van der Waals surface area contributed by atoms with Crippen molar-refractivity contribution in [1.29, 1.82) is 0 Å². The number of nitrogens with zero attached hydrogens (tertiary/aromatic N) is 3. The topological polar surface area (TPSA) is 84.1 Å². The summed E-state index contributed by atoms with van der Waals surface area (Å²) in [6.07, 6.45) is 7.81. The van der Waals surface area contributed by atoms with Gasteiger partial charge in [-0.05, 0) is 37.8 Å². The Balaban J connectivity index is 1.64. The Kier molecular flexibility index (Phi) is 5.03. The first-order valence-electron chi connectivity index (χ1n) is 8.31. The largest absolute Gasteiger partial charge is 0.394 e. The molecule has 3 rings (SSSR count). The van der Waals surface area contributed by atoms with Crippen LogP contribution in [0.3, 0.4) is 0 Å². The molecule has 1 aliphatic rings. The molecule has 1 atom stereocenters. The highest BCUT2D eigenvalue weighted by molar-refractivity contribution is 5.46. The van der Waals surface area contributed by atoms with E-state index in [1.165, 1.54) is 19.3 Å². The van der Waals surface area contributed by atoms with E-state index < -0.39 is 0 Å². The Labute approximate surface area is 136 Å². The fourth-order valence-electron chi connectivity index (χ4n) is 3.27. The maximum Gasteiger partial charge on any atom is 0.240 e. The van der Waals surface area contributed by atoms with E-state index in [0.717, 1.165) is 12.8 Å². The minimum atomic E-state index is -0.306. The summed E-state index contributed by atoms with van der Waals surface area (Å²) in [5.74, 6) is 1.49. The SMILES string of the molecule is C[C@](CO)(NCc1nc(-c2ccccn2)no1)C1CCCCC1. The Hall–Kier alpha value is -1.79. The van der Waals surface area contributed by atoms with Gasteiger partial charge in [0.05, 0.1) is 13.2 Å². The van der Waals surface area contributed by atoms with Gasteiger partial charge in [-0.1, -0.05) is 30.5 Å². The molecule has 0 aromatic carbocycles. The minimum Gasteiger partial charge on any atom is -0.394 e. The maximum atomic E-state index is 9.86. The zero-order chi connectivity index (χ0) is 16.1. The first kappa shape index (κ1) is 16.1. The van der Waals surface area contributed by atoms with Crippen molar-refractivity contribution in [3.63, 3.8) is 0 Å². The molecule has 2 heterocycles. The average Bonchev–Trinajstić information content (AvgIpc) is 3.10. The number of nitrogens with one attached hydrogen (secondary N) is 1. The van der Waals surface area contributed by atoms with Gasteiger partial charge in [-0.25, -0.2) is 0 Å². The van der Waals surface area contributed by atoms with Gasteiger partial charge in [0.15, 0.2) is 0 Å². The van der Waals surface area contributed by atoms with Gasteiger partial charge < -0.3 is 14.9 Å². The van der Waals surface area contributed by atoms with Crippen LogP contribution in [0.2, 0.25) is 0 Å². The summed E-state index contributed by atoms with van der Waals surface area (Å²) in [6, 6.07) is 5.59. The molecule has 0 bridgehead atoms. The second-order valence-electron chi connectivity index (χ2n) is 6.49. The van der Waals surface area contributed by atoms with Gasteiger partial charge in [0.25, 0.3) is 0 Å². The lowest BCUT2D eigenvalue weighted by Gasteiger charge is -2.39. The van der Waals surface area contributed by atoms with E-state index in [1.807, 2.05) is 18.2 Å². The van der Waals surface area contributed by atoms with Crippen LogP contribution < -0.4 is 5.32 Å². The molecular formula is C17H24N4O2. The quantitative estimate of drug-likeness (QED) is 0.852. The van der Waals surface area contributed by atoms with Crippen molar-refractivity contribution >= 4 is 0 Å². The summed E-state index contributed by atoms with van der Waals surface area (Å²) < 4.78 is 5.30. The van der Waals surface area contributed by atoms with Gasteiger partial charge >= 0.3 is 0 Å². The van der Waals surface area contributed by atoms with Crippen molar-refractivity contribution in [3.8, 4) is 11.5 Å². The van der Waals surface area contributed by atoms with Crippen LogP contribution in [0.25, 0.3) is 11.5 Å². The van der Waals surface area contributed by atoms with Crippen molar-refractivity contribution < 1.29 is 9.63 Å². The molecule has 0 radical (unpaired) electrons. The van der Waals surface area contributed by atoms with Crippen molar-refractivity contribution in [1.82, 2.24) is 20.4 Å². The fourth-order valence-corrected chi connectivity index (χ4v) is 3.27. The lowest BCUT2D eigenvalue weighted by molar-refractivity contribution is 0.0908. The average molecular weight is 316 g/mol. The minimum absolute atomic E-state index is 0.110. The van der Waals surface area contributed by atoms with Gasteiger partial charge in [0, 0.05) is 11.7 Å². The predicted molar refractivity (Wildman–Crippen MR) is 86.4 cm³/mol. The first-order chi connectivity index (χ1) is 11.2. The van der Waals surface area contributed by atoms with Crippen LogP contribution in [-0.4, -0.2) is 32.4 Å². The molecule has 1 fully saturated rings. The third-order valence-corrected chi connectivity index (χ3v) is 4.84. The van der Waals surface area contributed by atoms with E-state index in [-0.39, 0.29) is 12.1 Å². The van der Waals surface area contributed by atoms with Crippen molar-refractivity contribution in [3.05, 3.63) is 30.3 Å². The molecule has 0 saturated heterocycles. The van der Waals surface area contributed by atoms with Crippen molar-refractivity contribution in [2.24, 2.45) is 5.92 Å². The Bertz CT molecular complexity index is 610. The van der Waals surface area contributed by atoms with E-state index in [9.17, 15) is 5.11 Å². The Morgan fingerprint density at radius 2 is 2.13 bits per heavy atom. The van der Waals surface area contributed by atoms with Gasteiger partial charge in [0.1, 0.15) is 5.69 Å². The van der Waals surface area contributed by atoms with E-state index in [2.05, 4.69) is 27.4 Å². The highest BCUT2D eigenvalue weighted by Gasteiger charge is 2.34. The summed E-state index contributed by atoms with van der Waals surface area (Å²) >= 11 is 0. The lowest BCUT2D eigenvalue weighted by Crippen LogP contribution is -2.52. The number of hydrogen-bond acceptors (Lipinski definition) is 6. The van der Waals surface area contributed by atoms with Crippen LogP contribution in [0.4, 0.5) is 0 Å². The molecule has 1 aliphatic carbocycles. The Morgan fingerprint density at radius 3 is 2.83 bits per heavy atom. The molecule has 124 valence electrons. The summed E-state index contributed by atoms with van der Waals surface area (Å²) in [7, 11) is 0. The second-order valence-corrected chi connectivity index (χ2v) is 6.49. The summed E-state index contributed by atoms with van der Waals surface area (Å²) in [6.45, 7) is 2.64. The van der Waals surface area contributed by atoms with E-state index in [0.29, 0.717) is 29.9 Å². The third kappa shape index (κ3) is 3.76. The van der Waals surface area contributed by atoms with E-state index in [4.69, 9.17) is 4.52 Å². The number of pyridine rings is 1. The smallest absolute Gasteiger partial charge is 0.240 e. The zero-order valence-corrected chi connectivity index (χ0v) is 13.5. The van der Waals surface area contributed by atoms with Gasteiger partial charge in [-0.2, -0.15) is 4.98 Å². The predicted octanol–water partition coefficient (Wildman–Crippen LogP) is 2.55. The summed E-state index contributed by atoms with van der Waals surface area (Å²) in [5, 5.41) is 17.3. The van der Waals surface area contributed by atoms with Gasteiger partial charge in [-0.15, -0.1) is 0 Å². The molecule has 6 heteroatoms.